The molecule has 7 heteroatoms. The molecule has 0 spiro atoms. The van der Waals surface area contributed by atoms with Gasteiger partial charge < -0.3 is 9.80 Å². The highest BCUT2D eigenvalue weighted by Gasteiger charge is 2.22. The van der Waals surface area contributed by atoms with E-state index in [9.17, 15) is 9.18 Å². The molecular weight excluding hydrogens is 417 g/mol. The first kappa shape index (κ1) is 21.2. The van der Waals surface area contributed by atoms with Gasteiger partial charge in [0.15, 0.2) is 0 Å². The number of aryl methyl sites for hydroxylation is 1. The SMILES string of the molecule is Cc1cc(-c2ncc(C(=O)N3CCN(C)CC3)cc2-c2ccc3nccnc3c2)ccc1F. The molecule has 1 amide bonds. The Balaban J connectivity index is 1.62. The van der Waals surface area contributed by atoms with Crippen LogP contribution in [0.3, 0.4) is 0 Å². The predicted octanol–water partition coefficient (Wildman–Crippen LogP) is 4.19. The Hall–Kier alpha value is -3.71. The monoisotopic (exact) mass is 441 g/mol. The minimum Gasteiger partial charge on any atom is -0.336 e. The van der Waals surface area contributed by atoms with Crippen molar-refractivity contribution in [3.05, 3.63) is 78.0 Å². The smallest absolute Gasteiger partial charge is 0.255 e. The largest absolute Gasteiger partial charge is 0.336 e. The lowest BCUT2D eigenvalue weighted by molar-refractivity contribution is 0.0664. The number of pyridine rings is 1. The van der Waals surface area contributed by atoms with E-state index in [4.69, 9.17) is 4.98 Å². The molecule has 166 valence electrons. The lowest BCUT2D eigenvalue weighted by Crippen LogP contribution is -2.47. The fourth-order valence-corrected chi connectivity index (χ4v) is 4.15. The van der Waals surface area contributed by atoms with E-state index >= 15 is 0 Å². The average Bonchev–Trinajstić information content (AvgIpc) is 2.85. The van der Waals surface area contributed by atoms with Gasteiger partial charge in [-0.25, -0.2) is 4.39 Å². The second kappa shape index (κ2) is 8.67. The Labute approximate surface area is 191 Å². The van der Waals surface area contributed by atoms with Crippen molar-refractivity contribution in [3.8, 4) is 22.4 Å². The van der Waals surface area contributed by atoms with Crippen LogP contribution in [-0.2, 0) is 0 Å². The summed E-state index contributed by atoms with van der Waals surface area (Å²) in [4.78, 5) is 30.8. The molecule has 5 rings (SSSR count). The zero-order valence-corrected chi connectivity index (χ0v) is 18.6. The minimum absolute atomic E-state index is 0.0285. The van der Waals surface area contributed by atoms with Crippen LogP contribution in [0.1, 0.15) is 15.9 Å². The molecule has 3 heterocycles. The van der Waals surface area contributed by atoms with Gasteiger partial charge in [-0.15, -0.1) is 0 Å². The summed E-state index contributed by atoms with van der Waals surface area (Å²) in [6.07, 6.45) is 4.94. The third kappa shape index (κ3) is 4.19. The van der Waals surface area contributed by atoms with Crippen LogP contribution in [0.25, 0.3) is 33.4 Å². The van der Waals surface area contributed by atoms with Gasteiger partial charge in [0.2, 0.25) is 0 Å². The molecule has 0 aliphatic carbocycles. The van der Waals surface area contributed by atoms with Crippen molar-refractivity contribution in [3.63, 3.8) is 0 Å². The second-order valence-corrected chi connectivity index (χ2v) is 8.44. The number of amides is 1. The van der Waals surface area contributed by atoms with Crippen LogP contribution in [0.2, 0.25) is 0 Å². The summed E-state index contributed by atoms with van der Waals surface area (Å²) in [7, 11) is 2.06. The van der Waals surface area contributed by atoms with Crippen LogP contribution in [0.15, 0.2) is 61.1 Å². The molecule has 1 saturated heterocycles. The van der Waals surface area contributed by atoms with Gasteiger partial charge in [0.1, 0.15) is 5.82 Å². The Kier molecular flexibility index (Phi) is 5.56. The molecule has 1 fully saturated rings. The Morgan fingerprint density at radius 1 is 0.879 bits per heavy atom. The van der Waals surface area contributed by atoms with Crippen LogP contribution in [-0.4, -0.2) is 63.9 Å². The summed E-state index contributed by atoms with van der Waals surface area (Å²) in [5.41, 5.74) is 5.79. The summed E-state index contributed by atoms with van der Waals surface area (Å²) >= 11 is 0. The van der Waals surface area contributed by atoms with Crippen LogP contribution in [0.5, 0.6) is 0 Å². The first-order valence-electron chi connectivity index (χ1n) is 10.9. The maximum Gasteiger partial charge on any atom is 0.255 e. The number of likely N-dealkylation sites (N-methyl/N-ethyl adjacent to an activating group) is 1. The zero-order valence-electron chi connectivity index (χ0n) is 18.6. The third-order valence-corrected chi connectivity index (χ3v) is 6.14. The highest BCUT2D eigenvalue weighted by atomic mass is 19.1. The van der Waals surface area contributed by atoms with Crippen molar-refractivity contribution in [2.24, 2.45) is 0 Å². The van der Waals surface area contributed by atoms with Crippen LogP contribution >= 0.6 is 0 Å². The number of hydrogen-bond acceptors (Lipinski definition) is 5. The standard InChI is InChI=1S/C26H24FN5O/c1-17-13-19(3-5-22(17)27)25-21(18-4-6-23-24(15-18)29-8-7-28-23)14-20(16-30-25)26(33)32-11-9-31(2)10-12-32/h3-8,13-16H,9-12H2,1-2H3. The van der Waals surface area contributed by atoms with Crippen molar-refractivity contribution in [2.45, 2.75) is 6.92 Å². The first-order chi connectivity index (χ1) is 16.0. The summed E-state index contributed by atoms with van der Waals surface area (Å²) in [6, 6.07) is 12.7. The summed E-state index contributed by atoms with van der Waals surface area (Å²) in [6.45, 7) is 4.81. The topological polar surface area (TPSA) is 62.2 Å². The lowest BCUT2D eigenvalue weighted by Gasteiger charge is -2.32. The molecular formula is C26H24FN5O. The third-order valence-electron chi connectivity index (χ3n) is 6.14. The van der Waals surface area contributed by atoms with Gasteiger partial charge in [0.05, 0.1) is 22.3 Å². The molecule has 2 aromatic heterocycles. The summed E-state index contributed by atoms with van der Waals surface area (Å²) in [5, 5.41) is 0. The van der Waals surface area contributed by atoms with Gasteiger partial charge in [-0.1, -0.05) is 6.07 Å². The van der Waals surface area contributed by atoms with E-state index in [0.717, 1.165) is 40.8 Å². The fraction of sp³-hybridized carbons (Fsp3) is 0.231. The van der Waals surface area contributed by atoms with E-state index in [-0.39, 0.29) is 11.7 Å². The number of carbonyl (C=O) groups is 1. The Morgan fingerprint density at radius 3 is 2.36 bits per heavy atom. The first-order valence-corrected chi connectivity index (χ1v) is 10.9. The number of nitrogens with zero attached hydrogens (tertiary/aromatic N) is 5. The molecule has 6 nitrogen and oxygen atoms in total. The molecule has 0 saturated carbocycles. The number of carbonyl (C=O) groups excluding carboxylic acids is 1. The van der Waals surface area contributed by atoms with E-state index in [1.807, 2.05) is 29.2 Å². The van der Waals surface area contributed by atoms with E-state index < -0.39 is 0 Å². The molecule has 0 bridgehead atoms. The number of fused-ring (bicyclic) bond motifs is 1. The normalized spacial score (nSPS) is 14.6. The molecule has 0 N–H and O–H groups in total. The molecule has 1 aliphatic heterocycles. The molecule has 33 heavy (non-hydrogen) atoms. The molecule has 4 aromatic rings. The Bertz CT molecular complexity index is 1350. The number of rotatable bonds is 3. The van der Waals surface area contributed by atoms with E-state index in [2.05, 4.69) is 21.9 Å². The van der Waals surface area contributed by atoms with Gasteiger partial charge in [-0.05, 0) is 61.5 Å². The van der Waals surface area contributed by atoms with Gasteiger partial charge in [0.25, 0.3) is 5.91 Å². The lowest BCUT2D eigenvalue weighted by atomic mass is 9.96. The molecule has 1 aliphatic rings. The molecule has 2 aromatic carbocycles. The van der Waals surface area contributed by atoms with Crippen LogP contribution < -0.4 is 0 Å². The highest BCUT2D eigenvalue weighted by Crippen LogP contribution is 2.33. The number of hydrogen-bond donors (Lipinski definition) is 0. The number of aromatic nitrogens is 3. The van der Waals surface area contributed by atoms with E-state index in [1.165, 1.54) is 6.07 Å². The fourth-order valence-electron chi connectivity index (χ4n) is 4.15. The number of piperazine rings is 1. The van der Waals surface area contributed by atoms with Crippen molar-refractivity contribution in [1.82, 2.24) is 24.8 Å². The van der Waals surface area contributed by atoms with Gasteiger partial charge in [0, 0.05) is 55.9 Å². The van der Waals surface area contributed by atoms with Crippen LogP contribution in [0, 0.1) is 12.7 Å². The van der Waals surface area contributed by atoms with Gasteiger partial charge in [-0.2, -0.15) is 0 Å². The second-order valence-electron chi connectivity index (χ2n) is 8.44. The molecule has 0 radical (unpaired) electrons. The Morgan fingerprint density at radius 2 is 1.61 bits per heavy atom. The maximum atomic E-state index is 13.9. The van der Waals surface area contributed by atoms with Crippen molar-refractivity contribution < 1.29 is 9.18 Å². The maximum absolute atomic E-state index is 13.9. The van der Waals surface area contributed by atoms with E-state index in [0.29, 0.717) is 29.9 Å². The summed E-state index contributed by atoms with van der Waals surface area (Å²) in [5.74, 6) is -0.289. The average molecular weight is 442 g/mol. The number of halogens is 1. The van der Waals surface area contributed by atoms with Crippen molar-refractivity contribution in [1.29, 1.82) is 0 Å². The van der Waals surface area contributed by atoms with Gasteiger partial charge in [-0.3, -0.25) is 19.7 Å². The molecule has 0 unspecified atom stereocenters. The minimum atomic E-state index is -0.261. The quantitative estimate of drug-likeness (QED) is 0.477. The predicted molar refractivity (Wildman–Crippen MR) is 126 cm³/mol. The van der Waals surface area contributed by atoms with Crippen LogP contribution in [0.4, 0.5) is 4.39 Å². The van der Waals surface area contributed by atoms with Crippen molar-refractivity contribution >= 4 is 16.9 Å². The van der Waals surface area contributed by atoms with Crippen molar-refractivity contribution in [2.75, 3.05) is 33.2 Å². The highest BCUT2D eigenvalue weighted by molar-refractivity contribution is 5.97. The van der Waals surface area contributed by atoms with E-state index in [1.54, 1.807) is 37.6 Å². The molecule has 0 atom stereocenters. The van der Waals surface area contributed by atoms with Gasteiger partial charge >= 0.3 is 0 Å². The summed E-state index contributed by atoms with van der Waals surface area (Å²) < 4.78 is 13.9. The number of benzene rings is 2. The zero-order chi connectivity index (χ0) is 22.9.